The Kier molecular flexibility index (Phi) is 9.04. The van der Waals surface area contributed by atoms with E-state index in [1.807, 2.05) is 13.1 Å². The second-order valence-corrected chi connectivity index (χ2v) is 8.50. The summed E-state index contributed by atoms with van der Waals surface area (Å²) in [5.74, 6) is -2.34. The third kappa shape index (κ3) is 7.39. The zero-order valence-corrected chi connectivity index (χ0v) is 20.3. The number of aliphatic carboxylic acids is 1. The number of carboxylic acids is 1. The van der Waals surface area contributed by atoms with Gasteiger partial charge in [0.1, 0.15) is 11.4 Å². The molecule has 3 heterocycles. The maximum absolute atomic E-state index is 13.0. The molecule has 1 amide bonds. The van der Waals surface area contributed by atoms with Gasteiger partial charge in [0, 0.05) is 45.1 Å². The first-order valence-electron chi connectivity index (χ1n) is 11.5. The molecule has 1 aliphatic carbocycles. The highest BCUT2D eigenvalue weighted by Crippen LogP contribution is 2.22. The molecule has 1 fully saturated rings. The van der Waals surface area contributed by atoms with Gasteiger partial charge in [0.2, 0.25) is 0 Å². The van der Waals surface area contributed by atoms with Crippen molar-refractivity contribution in [3.05, 3.63) is 35.9 Å². The minimum Gasteiger partial charge on any atom is -0.475 e. The molecule has 4 rings (SSSR count). The monoisotopic (exact) mass is 526 g/mol. The number of carbonyl (C=O) groups is 2. The molecule has 15 heteroatoms. The molecule has 3 aromatic heterocycles. The number of aryl methyl sites for hydroxylation is 1. The van der Waals surface area contributed by atoms with Crippen molar-refractivity contribution in [3.8, 4) is 0 Å². The van der Waals surface area contributed by atoms with Crippen molar-refractivity contribution in [2.45, 2.75) is 50.4 Å². The number of carbonyl (C=O) groups excluding carboxylic acids is 1. The molecular formula is C22H29F3N8O4. The molecule has 0 bridgehead atoms. The van der Waals surface area contributed by atoms with Gasteiger partial charge in [0.15, 0.2) is 5.65 Å². The first-order chi connectivity index (χ1) is 17.5. The van der Waals surface area contributed by atoms with Crippen LogP contribution in [0.4, 0.5) is 24.7 Å². The predicted molar refractivity (Wildman–Crippen MR) is 127 cm³/mol. The molecule has 37 heavy (non-hydrogen) atoms. The molecule has 12 nitrogen and oxygen atoms in total. The Balaban J connectivity index is 0.000000479. The minimum absolute atomic E-state index is 0.112. The van der Waals surface area contributed by atoms with Crippen LogP contribution in [-0.2, 0) is 23.0 Å². The van der Waals surface area contributed by atoms with Gasteiger partial charge in [-0.2, -0.15) is 23.4 Å². The number of anilines is 2. The van der Waals surface area contributed by atoms with Crippen molar-refractivity contribution >= 4 is 29.0 Å². The maximum atomic E-state index is 13.0. The number of halogens is 3. The molecule has 5 N–H and O–H groups in total. The molecule has 0 unspecified atom stereocenters. The van der Waals surface area contributed by atoms with Gasteiger partial charge >= 0.3 is 12.1 Å². The van der Waals surface area contributed by atoms with Gasteiger partial charge in [-0.05, 0) is 18.9 Å². The van der Waals surface area contributed by atoms with Crippen LogP contribution in [0, 0.1) is 0 Å². The topological polar surface area (TPSA) is 162 Å². The predicted octanol–water partition coefficient (Wildman–Crippen LogP) is 2.22. The van der Waals surface area contributed by atoms with Crippen molar-refractivity contribution in [2.24, 2.45) is 12.8 Å². The van der Waals surface area contributed by atoms with Gasteiger partial charge < -0.3 is 26.2 Å². The number of hydrogen-bond acceptors (Lipinski definition) is 8. The van der Waals surface area contributed by atoms with Crippen molar-refractivity contribution in [1.29, 1.82) is 0 Å². The SMILES string of the molecule is COCCc1nn(C)cc1NC(=O)c1cnn2ccc(N[C@@H]3CCCC[C@@H]3N)nc12.O=C(O)C(F)(F)F. The van der Waals surface area contributed by atoms with Crippen molar-refractivity contribution in [1.82, 2.24) is 24.4 Å². The zero-order valence-electron chi connectivity index (χ0n) is 20.3. The summed E-state index contributed by atoms with van der Waals surface area (Å²) in [6, 6.07) is 2.15. The Morgan fingerprint density at radius 3 is 2.65 bits per heavy atom. The second kappa shape index (κ2) is 12.0. The summed E-state index contributed by atoms with van der Waals surface area (Å²) in [5.41, 5.74) is 8.56. The van der Waals surface area contributed by atoms with Gasteiger partial charge in [0.25, 0.3) is 5.91 Å². The molecule has 1 saturated carbocycles. The van der Waals surface area contributed by atoms with Crippen LogP contribution in [0.2, 0.25) is 0 Å². The number of hydrogen-bond donors (Lipinski definition) is 4. The third-order valence-corrected chi connectivity index (χ3v) is 5.71. The van der Waals surface area contributed by atoms with Crippen LogP contribution in [0.5, 0.6) is 0 Å². The van der Waals surface area contributed by atoms with Crippen LogP contribution in [0.3, 0.4) is 0 Å². The van der Waals surface area contributed by atoms with Gasteiger partial charge in [-0.3, -0.25) is 9.48 Å². The Bertz CT molecular complexity index is 1230. The number of rotatable bonds is 7. The summed E-state index contributed by atoms with van der Waals surface area (Å²) < 4.78 is 40.1. The number of aromatic nitrogens is 5. The Morgan fingerprint density at radius 2 is 2.00 bits per heavy atom. The van der Waals surface area contributed by atoms with E-state index in [2.05, 4.69) is 25.8 Å². The Morgan fingerprint density at radius 1 is 1.30 bits per heavy atom. The minimum atomic E-state index is -5.08. The van der Waals surface area contributed by atoms with Crippen LogP contribution in [0.15, 0.2) is 24.7 Å². The molecular weight excluding hydrogens is 497 g/mol. The number of methoxy groups -OCH3 is 1. The lowest BCUT2D eigenvalue weighted by Gasteiger charge is -2.29. The molecule has 0 aromatic carbocycles. The Hall–Kier alpha value is -3.72. The number of amides is 1. The standard InChI is InChI=1S/C20H28N8O2.C2HF3O2/c1-27-12-17(16(26-27)8-10-30-2)24-20(29)13-11-22-28-9-7-18(25-19(13)28)23-15-6-4-3-5-14(15)21;3-2(4,5)1(6)7/h7,9,11-12,14-15H,3-6,8,10,21H2,1-2H3,(H,23,25)(H,24,29);(H,6,7)/t14-,15+;/m0./s1. The second-order valence-electron chi connectivity index (χ2n) is 8.50. The van der Waals surface area contributed by atoms with E-state index in [0.29, 0.717) is 35.7 Å². The Labute approximate surface area is 210 Å². The van der Waals surface area contributed by atoms with Crippen molar-refractivity contribution in [3.63, 3.8) is 0 Å². The molecule has 3 aromatic rings. The van der Waals surface area contributed by atoms with Crippen LogP contribution in [0.25, 0.3) is 5.65 Å². The quantitative estimate of drug-likeness (QED) is 0.362. The number of nitrogens with two attached hydrogens (primary N) is 1. The number of alkyl halides is 3. The number of carboxylic acid groups (broad SMARTS) is 1. The normalized spacial score (nSPS) is 17.7. The summed E-state index contributed by atoms with van der Waals surface area (Å²) in [6.07, 6.45) is 4.98. The number of nitrogens with one attached hydrogen (secondary N) is 2. The average Bonchev–Trinajstić information content (AvgIpc) is 3.41. The van der Waals surface area contributed by atoms with E-state index in [1.54, 1.807) is 28.7 Å². The van der Waals surface area contributed by atoms with Gasteiger partial charge in [-0.1, -0.05) is 12.8 Å². The van der Waals surface area contributed by atoms with Crippen molar-refractivity contribution in [2.75, 3.05) is 24.4 Å². The molecule has 202 valence electrons. The van der Waals surface area contributed by atoms with Gasteiger partial charge in [-0.15, -0.1) is 0 Å². The smallest absolute Gasteiger partial charge is 0.475 e. The first-order valence-corrected chi connectivity index (χ1v) is 11.5. The largest absolute Gasteiger partial charge is 0.490 e. The fourth-order valence-electron chi connectivity index (χ4n) is 3.85. The van der Waals surface area contributed by atoms with Gasteiger partial charge in [-0.25, -0.2) is 14.3 Å². The van der Waals surface area contributed by atoms with E-state index >= 15 is 0 Å². The molecule has 0 spiro atoms. The molecule has 0 aliphatic heterocycles. The molecule has 0 saturated heterocycles. The molecule has 1 aliphatic rings. The highest BCUT2D eigenvalue weighted by molar-refractivity contribution is 6.08. The lowest BCUT2D eigenvalue weighted by Crippen LogP contribution is -2.42. The van der Waals surface area contributed by atoms with E-state index in [9.17, 15) is 18.0 Å². The maximum Gasteiger partial charge on any atom is 0.490 e. The fourth-order valence-corrected chi connectivity index (χ4v) is 3.85. The van der Waals surface area contributed by atoms with Crippen LogP contribution >= 0.6 is 0 Å². The van der Waals surface area contributed by atoms with E-state index in [4.69, 9.17) is 20.4 Å². The van der Waals surface area contributed by atoms with E-state index < -0.39 is 12.1 Å². The average molecular weight is 527 g/mol. The van der Waals surface area contributed by atoms with E-state index in [1.165, 1.54) is 12.6 Å². The van der Waals surface area contributed by atoms with Crippen LogP contribution in [0.1, 0.15) is 41.7 Å². The van der Waals surface area contributed by atoms with Crippen LogP contribution < -0.4 is 16.4 Å². The first kappa shape index (κ1) is 27.9. The number of ether oxygens (including phenoxy) is 1. The molecule has 2 atom stereocenters. The molecule has 0 radical (unpaired) electrons. The lowest BCUT2D eigenvalue weighted by molar-refractivity contribution is -0.192. The van der Waals surface area contributed by atoms with E-state index in [-0.39, 0.29) is 18.0 Å². The lowest BCUT2D eigenvalue weighted by atomic mass is 9.91. The highest BCUT2D eigenvalue weighted by atomic mass is 19.4. The highest BCUT2D eigenvalue weighted by Gasteiger charge is 2.38. The van der Waals surface area contributed by atoms with Gasteiger partial charge in [0.05, 0.1) is 24.2 Å². The summed E-state index contributed by atoms with van der Waals surface area (Å²) in [4.78, 5) is 26.5. The van der Waals surface area contributed by atoms with Crippen molar-refractivity contribution < 1.29 is 32.6 Å². The summed E-state index contributed by atoms with van der Waals surface area (Å²) in [6.45, 7) is 0.524. The summed E-state index contributed by atoms with van der Waals surface area (Å²) >= 11 is 0. The fraction of sp³-hybridized carbons (Fsp3) is 0.500. The van der Waals surface area contributed by atoms with Crippen LogP contribution in [-0.4, -0.2) is 73.3 Å². The summed E-state index contributed by atoms with van der Waals surface area (Å²) in [7, 11) is 3.45. The summed E-state index contributed by atoms with van der Waals surface area (Å²) in [5, 5.41) is 22.1. The number of nitrogens with zero attached hydrogens (tertiary/aromatic N) is 5. The number of fused-ring (bicyclic) bond motifs is 1. The van der Waals surface area contributed by atoms with E-state index in [0.717, 1.165) is 25.0 Å². The third-order valence-electron chi connectivity index (χ3n) is 5.71. The zero-order chi connectivity index (χ0) is 27.2.